The van der Waals surface area contributed by atoms with E-state index in [1.807, 2.05) is 0 Å². The Labute approximate surface area is 149 Å². The van der Waals surface area contributed by atoms with Crippen molar-refractivity contribution in [1.29, 1.82) is 0 Å². The normalized spacial score (nSPS) is 24.9. The molecule has 0 aromatic heterocycles. The van der Waals surface area contributed by atoms with Gasteiger partial charge in [0, 0.05) is 5.70 Å². The van der Waals surface area contributed by atoms with E-state index in [1.165, 1.54) is 26.6 Å². The second kappa shape index (κ2) is 7.18. The summed E-state index contributed by atoms with van der Waals surface area (Å²) in [7, 11) is 2.45. The maximum Gasteiger partial charge on any atom is 0.416 e. The molecule has 2 unspecified atom stereocenters. The number of para-hydroxylation sites is 1. The molecule has 0 aliphatic carbocycles. The van der Waals surface area contributed by atoms with Crippen LogP contribution in [0.4, 0.5) is 4.79 Å². The summed E-state index contributed by atoms with van der Waals surface area (Å²) >= 11 is 1.08. The molecule has 2 atom stereocenters. The molecule has 0 bridgehead atoms. The number of methoxy groups -OCH3 is 2. The number of hydrogen-bond acceptors (Lipinski definition) is 7. The third-order valence-electron chi connectivity index (χ3n) is 4.26. The topological polar surface area (TPSA) is 90.9 Å². The Bertz CT molecular complexity index is 719. The van der Waals surface area contributed by atoms with Crippen molar-refractivity contribution in [2.24, 2.45) is 5.41 Å². The first kappa shape index (κ1) is 18.9. The Hall–Kier alpha value is -2.48. The Balaban J connectivity index is 2.26. The van der Waals surface area contributed by atoms with Crippen LogP contribution in [-0.2, 0) is 19.1 Å². The van der Waals surface area contributed by atoms with Crippen LogP contribution in [0.5, 0.6) is 5.75 Å². The monoisotopic (exact) mass is 365 g/mol. The third-order valence-corrected chi connectivity index (χ3v) is 5.66. The number of benzene rings is 1. The van der Waals surface area contributed by atoms with Gasteiger partial charge in [-0.2, -0.15) is 0 Å². The molecule has 1 aliphatic heterocycles. The number of hydrogen-bond donors (Lipinski definition) is 1. The largest absolute Gasteiger partial charge is 0.468 e. The number of ether oxygens (including phenoxy) is 3. The Morgan fingerprint density at radius 1 is 1.00 bits per heavy atom. The zero-order valence-corrected chi connectivity index (χ0v) is 15.1. The van der Waals surface area contributed by atoms with E-state index >= 15 is 0 Å². The summed E-state index contributed by atoms with van der Waals surface area (Å²) in [4.78, 5) is 36.9. The van der Waals surface area contributed by atoms with Gasteiger partial charge in [0.25, 0.3) is 0 Å². The lowest BCUT2D eigenvalue weighted by molar-refractivity contribution is -0.159. The lowest BCUT2D eigenvalue weighted by Gasteiger charge is -2.37. The predicted octanol–water partition coefficient (Wildman–Crippen LogP) is 2.47. The molecule has 7 nitrogen and oxygen atoms in total. The number of esters is 2. The van der Waals surface area contributed by atoms with Crippen molar-refractivity contribution in [3.05, 3.63) is 41.4 Å². The van der Waals surface area contributed by atoms with Crippen molar-refractivity contribution >= 4 is 29.8 Å². The van der Waals surface area contributed by atoms with E-state index in [0.29, 0.717) is 5.75 Å². The fourth-order valence-corrected chi connectivity index (χ4v) is 3.77. The van der Waals surface area contributed by atoms with Crippen molar-refractivity contribution < 1.29 is 28.6 Å². The first-order valence-corrected chi connectivity index (χ1v) is 8.26. The van der Waals surface area contributed by atoms with Gasteiger partial charge in [-0.1, -0.05) is 18.2 Å². The first-order chi connectivity index (χ1) is 11.8. The van der Waals surface area contributed by atoms with Gasteiger partial charge in [-0.25, -0.2) is 4.79 Å². The average Bonchev–Trinajstić information content (AvgIpc) is 2.88. The van der Waals surface area contributed by atoms with Gasteiger partial charge in [-0.05, 0) is 31.4 Å². The molecule has 25 heavy (non-hydrogen) atoms. The summed E-state index contributed by atoms with van der Waals surface area (Å²) in [6.45, 7) is 3.08. The van der Waals surface area contributed by atoms with Gasteiger partial charge in [0.05, 0.1) is 14.2 Å². The molecule has 8 heteroatoms. The lowest BCUT2D eigenvalue weighted by Crippen LogP contribution is -2.54. The van der Waals surface area contributed by atoms with E-state index in [9.17, 15) is 14.4 Å². The molecule has 1 N–H and O–H groups in total. The van der Waals surface area contributed by atoms with Gasteiger partial charge in [0.2, 0.25) is 0 Å². The van der Waals surface area contributed by atoms with Crippen LogP contribution in [0, 0.1) is 5.41 Å². The van der Waals surface area contributed by atoms with Crippen molar-refractivity contribution in [2.75, 3.05) is 14.2 Å². The number of carbonyl (C=O) groups is 3. The summed E-state index contributed by atoms with van der Waals surface area (Å²) in [6, 6.07) is 8.47. The van der Waals surface area contributed by atoms with E-state index in [2.05, 4.69) is 5.32 Å². The van der Waals surface area contributed by atoms with Gasteiger partial charge < -0.3 is 14.2 Å². The number of nitrogens with one attached hydrogen (secondary N) is 1. The number of amides is 1. The number of carbonyl (C=O) groups excluding carboxylic acids is 3. The second-order valence-electron chi connectivity index (χ2n) is 5.62. The summed E-state index contributed by atoms with van der Waals surface area (Å²) in [6.07, 6.45) is -0.776. The molecule has 1 aromatic rings. The van der Waals surface area contributed by atoms with Gasteiger partial charge >= 0.3 is 18.0 Å². The molecule has 0 radical (unpaired) electrons. The highest BCUT2D eigenvalue weighted by Gasteiger charge is 2.63. The highest BCUT2D eigenvalue weighted by atomic mass is 32.2. The van der Waals surface area contributed by atoms with Crippen molar-refractivity contribution in [3.63, 3.8) is 0 Å². The van der Waals surface area contributed by atoms with E-state index in [4.69, 9.17) is 14.2 Å². The third kappa shape index (κ3) is 3.21. The van der Waals surface area contributed by atoms with Crippen LogP contribution in [0.1, 0.15) is 13.8 Å². The molecule has 1 heterocycles. The van der Waals surface area contributed by atoms with Crippen molar-refractivity contribution in [1.82, 2.24) is 5.32 Å². The van der Waals surface area contributed by atoms with E-state index in [0.717, 1.165) is 11.8 Å². The summed E-state index contributed by atoms with van der Waals surface area (Å²) in [5.41, 5.74) is -1.24. The maximum absolute atomic E-state index is 12.4. The molecule has 0 spiro atoms. The van der Waals surface area contributed by atoms with Crippen LogP contribution in [0.25, 0.3) is 0 Å². The average molecular weight is 365 g/mol. The van der Waals surface area contributed by atoms with Crippen LogP contribution >= 0.6 is 11.8 Å². The van der Waals surface area contributed by atoms with E-state index in [1.54, 1.807) is 37.3 Å². The lowest BCUT2D eigenvalue weighted by atomic mass is 9.75. The van der Waals surface area contributed by atoms with Gasteiger partial charge in [0.15, 0.2) is 0 Å². The molecule has 1 aliphatic rings. The summed E-state index contributed by atoms with van der Waals surface area (Å²) in [5.74, 6) is -0.923. The molecule has 134 valence electrons. The Kier molecular flexibility index (Phi) is 5.42. The SMILES string of the molecule is COC(=O)C1(C)SC=C(NC(=O)Oc2ccccc2)C1(C)C(=O)OC. The number of thioether (sulfide) groups is 1. The van der Waals surface area contributed by atoms with Gasteiger partial charge in [-0.15, -0.1) is 11.8 Å². The summed E-state index contributed by atoms with van der Waals surface area (Å²) < 4.78 is 13.6. The summed E-state index contributed by atoms with van der Waals surface area (Å²) in [5, 5.41) is 4.07. The molecule has 0 saturated heterocycles. The molecule has 1 aromatic carbocycles. The van der Waals surface area contributed by atoms with Crippen molar-refractivity contribution in [2.45, 2.75) is 18.6 Å². The minimum atomic E-state index is -1.45. The smallest absolute Gasteiger partial charge is 0.416 e. The van der Waals surface area contributed by atoms with Crippen LogP contribution < -0.4 is 10.1 Å². The molecule has 1 amide bonds. The fourth-order valence-electron chi connectivity index (χ4n) is 2.51. The van der Waals surface area contributed by atoms with Crippen LogP contribution in [0.15, 0.2) is 41.4 Å². The van der Waals surface area contributed by atoms with E-state index in [-0.39, 0.29) is 5.70 Å². The molecule has 0 saturated carbocycles. The quantitative estimate of drug-likeness (QED) is 0.820. The Morgan fingerprint density at radius 2 is 1.60 bits per heavy atom. The molecule has 0 fully saturated rings. The van der Waals surface area contributed by atoms with E-state index < -0.39 is 28.2 Å². The molecular formula is C17H19NO6S. The minimum absolute atomic E-state index is 0.207. The molecular weight excluding hydrogens is 346 g/mol. The first-order valence-electron chi connectivity index (χ1n) is 7.38. The zero-order valence-electron chi connectivity index (χ0n) is 14.3. The maximum atomic E-state index is 12.4. The predicted molar refractivity (Wildman–Crippen MR) is 91.8 cm³/mol. The highest BCUT2D eigenvalue weighted by Crippen LogP contribution is 2.54. The minimum Gasteiger partial charge on any atom is -0.468 e. The van der Waals surface area contributed by atoms with Crippen LogP contribution in [0.2, 0.25) is 0 Å². The second-order valence-corrected chi connectivity index (χ2v) is 6.91. The molecule has 2 rings (SSSR count). The zero-order chi connectivity index (χ0) is 18.7. The van der Waals surface area contributed by atoms with Gasteiger partial charge in [-0.3, -0.25) is 14.9 Å². The standard InChI is InChI=1S/C17H19NO6S/c1-16(13(19)22-3)12(10-25-17(16,2)14(20)23-4)18-15(21)24-11-8-6-5-7-9-11/h5-10H,1-4H3,(H,18,21). The number of rotatable bonds is 4. The van der Waals surface area contributed by atoms with Crippen LogP contribution in [-0.4, -0.2) is 37.0 Å². The Morgan fingerprint density at radius 3 is 2.16 bits per heavy atom. The fraction of sp³-hybridized carbons (Fsp3) is 0.353. The van der Waals surface area contributed by atoms with Crippen LogP contribution in [0.3, 0.4) is 0 Å². The van der Waals surface area contributed by atoms with Crippen molar-refractivity contribution in [3.8, 4) is 5.75 Å². The van der Waals surface area contributed by atoms with Gasteiger partial charge in [0.1, 0.15) is 15.9 Å². The highest BCUT2D eigenvalue weighted by molar-refractivity contribution is 8.04.